The van der Waals surface area contributed by atoms with Gasteiger partial charge in [0.15, 0.2) is 0 Å². The van der Waals surface area contributed by atoms with Gasteiger partial charge in [-0.15, -0.1) is 0 Å². The zero-order valence-corrected chi connectivity index (χ0v) is 14.2. The van der Waals surface area contributed by atoms with Crippen molar-refractivity contribution in [1.82, 2.24) is 0 Å². The lowest BCUT2D eigenvalue weighted by molar-refractivity contribution is -0.139. The highest BCUT2D eigenvalue weighted by Gasteiger charge is 2.30. The summed E-state index contributed by atoms with van der Waals surface area (Å²) < 4.78 is 15.1. The Labute approximate surface area is 146 Å². The van der Waals surface area contributed by atoms with Gasteiger partial charge in [0.2, 0.25) is 5.55 Å². The van der Waals surface area contributed by atoms with Gasteiger partial charge in [-0.2, -0.15) is 0 Å². The molecule has 0 bridgehead atoms. The molecule has 1 aromatic carbocycles. The monoisotopic (exact) mass is 358 g/mol. The van der Waals surface area contributed by atoms with E-state index in [1.807, 2.05) is 0 Å². The third-order valence-electron chi connectivity index (χ3n) is 3.65. The van der Waals surface area contributed by atoms with E-state index < -0.39 is 11.9 Å². The third-order valence-corrected chi connectivity index (χ3v) is 4.68. The van der Waals surface area contributed by atoms with Gasteiger partial charge in [0.05, 0.1) is 29.7 Å². The number of para-hydroxylation sites is 1. The van der Waals surface area contributed by atoms with Crippen molar-refractivity contribution in [2.75, 3.05) is 14.2 Å². The van der Waals surface area contributed by atoms with Crippen LogP contribution in [0.25, 0.3) is 17.0 Å². The second kappa shape index (κ2) is 6.48. The molecule has 7 nitrogen and oxygen atoms in total. The van der Waals surface area contributed by atoms with Crippen LogP contribution in [0.2, 0.25) is 0 Å². The van der Waals surface area contributed by atoms with Crippen molar-refractivity contribution in [2.45, 2.75) is 4.90 Å². The Kier molecular flexibility index (Phi) is 4.37. The van der Waals surface area contributed by atoms with Crippen LogP contribution < -0.4 is 11.3 Å². The Hall–Kier alpha value is -3.00. The van der Waals surface area contributed by atoms with Gasteiger partial charge in [0.25, 0.3) is 0 Å². The summed E-state index contributed by atoms with van der Waals surface area (Å²) in [5.74, 6) is -1.49. The van der Waals surface area contributed by atoms with Crippen LogP contribution >= 0.6 is 11.8 Å². The fourth-order valence-corrected chi connectivity index (χ4v) is 3.45. The Morgan fingerprint density at radius 3 is 2.52 bits per heavy atom. The molecular formula is C17H14N2O5S. The normalized spacial score (nSPS) is 13.8. The average molecular weight is 358 g/mol. The van der Waals surface area contributed by atoms with Gasteiger partial charge < -0.3 is 19.6 Å². The Bertz CT molecular complexity index is 1020. The van der Waals surface area contributed by atoms with E-state index in [4.69, 9.17) is 25.0 Å². The van der Waals surface area contributed by atoms with Crippen molar-refractivity contribution in [2.24, 2.45) is 5.73 Å². The predicted octanol–water partition coefficient (Wildman–Crippen LogP) is 1.92. The number of carbonyl (C=O) groups excluding carboxylic acids is 2. The van der Waals surface area contributed by atoms with E-state index in [1.54, 1.807) is 24.3 Å². The van der Waals surface area contributed by atoms with E-state index in [9.17, 15) is 9.59 Å². The summed E-state index contributed by atoms with van der Waals surface area (Å²) in [4.78, 5) is 24.8. The minimum atomic E-state index is -0.762. The minimum absolute atomic E-state index is 0.0289. The second-order valence-corrected chi connectivity index (χ2v) is 6.10. The first kappa shape index (κ1) is 16.8. The van der Waals surface area contributed by atoms with E-state index in [1.165, 1.54) is 20.3 Å². The number of ether oxygens (including phenoxy) is 2. The third kappa shape index (κ3) is 2.80. The molecule has 0 saturated heterocycles. The second-order valence-electron chi connectivity index (χ2n) is 5.05. The maximum atomic E-state index is 12.3. The molecule has 0 aliphatic carbocycles. The van der Waals surface area contributed by atoms with E-state index in [0.29, 0.717) is 21.4 Å². The zero-order chi connectivity index (χ0) is 18.1. The molecule has 3 rings (SSSR count). The number of rotatable bonds is 2. The van der Waals surface area contributed by atoms with Gasteiger partial charge in [-0.1, -0.05) is 30.0 Å². The molecule has 0 radical (unpaired) electrons. The molecule has 0 spiro atoms. The number of fused-ring (bicyclic) bond motifs is 3. The molecule has 0 atom stereocenters. The Balaban J connectivity index is 2.41. The molecule has 0 fully saturated rings. The van der Waals surface area contributed by atoms with Gasteiger partial charge in [-0.05, 0) is 12.1 Å². The number of benzene rings is 1. The van der Waals surface area contributed by atoms with Crippen LogP contribution in [0.15, 0.2) is 49.8 Å². The van der Waals surface area contributed by atoms with E-state index in [-0.39, 0.29) is 21.7 Å². The Morgan fingerprint density at radius 1 is 1.16 bits per heavy atom. The van der Waals surface area contributed by atoms with Gasteiger partial charge in [-0.3, -0.25) is 5.41 Å². The fraction of sp³-hybridized carbons (Fsp3) is 0.118. The van der Waals surface area contributed by atoms with Gasteiger partial charge >= 0.3 is 11.9 Å². The molecule has 25 heavy (non-hydrogen) atoms. The summed E-state index contributed by atoms with van der Waals surface area (Å²) in [7, 11) is 2.41. The molecule has 1 aliphatic rings. The smallest absolute Gasteiger partial charge is 0.341 e. The largest absolute Gasteiger partial charge is 0.465 e. The minimum Gasteiger partial charge on any atom is -0.465 e. The predicted molar refractivity (Wildman–Crippen MR) is 91.1 cm³/mol. The van der Waals surface area contributed by atoms with Crippen molar-refractivity contribution in [3.8, 4) is 0 Å². The van der Waals surface area contributed by atoms with Crippen molar-refractivity contribution < 1.29 is 23.5 Å². The number of nitrogens with two attached hydrogens (primary N) is 1. The molecular weight excluding hydrogens is 344 g/mol. The van der Waals surface area contributed by atoms with Crippen molar-refractivity contribution >= 4 is 40.7 Å². The fourth-order valence-electron chi connectivity index (χ4n) is 2.52. The quantitative estimate of drug-likeness (QED) is 0.788. The van der Waals surface area contributed by atoms with Crippen LogP contribution in [0.3, 0.4) is 0 Å². The molecule has 0 unspecified atom stereocenters. The highest BCUT2D eigenvalue weighted by molar-refractivity contribution is 8.03. The first-order valence-corrected chi connectivity index (χ1v) is 7.96. The standard InChI is InChI=1S/C17H14N2O5S/c1-22-16(20)10-7-9-8-5-3-4-6-11(8)24-14(18)13(9)25-15(19)12(10)17(21)23-2/h3-7,18H,19H2,1-2H3. The molecule has 2 heterocycles. The summed E-state index contributed by atoms with van der Waals surface area (Å²) in [5, 5.41) is 8.84. The van der Waals surface area contributed by atoms with Crippen LogP contribution in [-0.4, -0.2) is 26.2 Å². The number of thioether (sulfide) groups is 1. The van der Waals surface area contributed by atoms with Crippen LogP contribution in [0, 0.1) is 5.41 Å². The molecule has 0 amide bonds. The maximum absolute atomic E-state index is 12.3. The molecule has 1 aliphatic heterocycles. The molecule has 0 saturated carbocycles. The molecule has 2 aromatic rings. The summed E-state index contributed by atoms with van der Waals surface area (Å²) in [6.45, 7) is 0. The van der Waals surface area contributed by atoms with E-state index in [0.717, 1.165) is 11.8 Å². The maximum Gasteiger partial charge on any atom is 0.341 e. The van der Waals surface area contributed by atoms with Crippen LogP contribution in [0.4, 0.5) is 0 Å². The zero-order valence-electron chi connectivity index (χ0n) is 13.4. The molecule has 8 heteroatoms. The number of carbonyl (C=O) groups is 2. The van der Waals surface area contributed by atoms with Gasteiger partial charge in [0.1, 0.15) is 11.2 Å². The van der Waals surface area contributed by atoms with Crippen LogP contribution in [0.1, 0.15) is 5.56 Å². The van der Waals surface area contributed by atoms with Crippen molar-refractivity contribution in [1.29, 1.82) is 5.41 Å². The average Bonchev–Trinajstić information content (AvgIpc) is 2.77. The van der Waals surface area contributed by atoms with Gasteiger partial charge in [-0.25, -0.2) is 9.59 Å². The van der Waals surface area contributed by atoms with Crippen molar-refractivity contribution in [3.63, 3.8) is 0 Å². The number of hydrogen-bond acceptors (Lipinski definition) is 8. The summed E-state index contributed by atoms with van der Waals surface area (Å²) >= 11 is 0.973. The number of nitrogens with one attached hydrogen (secondary N) is 1. The topological polar surface area (TPSA) is 116 Å². The molecule has 3 N–H and O–H groups in total. The number of esters is 2. The SMILES string of the molecule is COC(=O)C1=Cc2c(c(=N)oc3ccccc23)SC(N)=C1C(=O)OC. The first-order chi connectivity index (χ1) is 12.0. The number of hydrogen-bond donors (Lipinski definition) is 2. The summed E-state index contributed by atoms with van der Waals surface area (Å²) in [5.41, 5.74) is 6.82. The molecule has 128 valence electrons. The number of methoxy groups -OCH3 is 2. The lowest BCUT2D eigenvalue weighted by atomic mass is 10.0. The van der Waals surface area contributed by atoms with E-state index >= 15 is 0 Å². The summed E-state index contributed by atoms with van der Waals surface area (Å²) in [6, 6.07) is 7.09. The summed E-state index contributed by atoms with van der Waals surface area (Å²) in [6.07, 6.45) is 1.48. The lowest BCUT2D eigenvalue weighted by Crippen LogP contribution is -2.18. The highest BCUT2D eigenvalue weighted by atomic mass is 32.2. The first-order valence-electron chi connectivity index (χ1n) is 7.14. The van der Waals surface area contributed by atoms with Crippen LogP contribution in [0.5, 0.6) is 0 Å². The van der Waals surface area contributed by atoms with Gasteiger partial charge in [0, 0.05) is 10.9 Å². The van der Waals surface area contributed by atoms with Crippen LogP contribution in [-0.2, 0) is 19.1 Å². The Morgan fingerprint density at radius 2 is 1.84 bits per heavy atom. The van der Waals surface area contributed by atoms with E-state index in [2.05, 4.69) is 0 Å². The lowest BCUT2D eigenvalue weighted by Gasteiger charge is -2.09. The van der Waals surface area contributed by atoms with Crippen molar-refractivity contribution in [3.05, 3.63) is 51.6 Å². The highest BCUT2D eigenvalue weighted by Crippen LogP contribution is 2.37. The molecule has 1 aromatic heterocycles.